The van der Waals surface area contributed by atoms with Crippen LogP contribution in [0.25, 0.3) is 21.9 Å². The van der Waals surface area contributed by atoms with Crippen molar-refractivity contribution in [3.8, 4) is 11.1 Å². The fraction of sp³-hybridized carbons (Fsp3) is 0. The Morgan fingerprint density at radius 3 is 2.33 bits per heavy atom. The Labute approximate surface area is 113 Å². The van der Waals surface area contributed by atoms with Crippen LogP contribution in [0, 0.1) is 5.82 Å². The first-order chi connectivity index (χ1) is 8.77. The van der Waals surface area contributed by atoms with Gasteiger partial charge in [0.2, 0.25) is 0 Å². The van der Waals surface area contributed by atoms with E-state index in [9.17, 15) is 4.39 Å². The van der Waals surface area contributed by atoms with Crippen molar-refractivity contribution in [1.29, 1.82) is 0 Å². The molecule has 0 heterocycles. The molecule has 0 amide bonds. The van der Waals surface area contributed by atoms with E-state index in [2.05, 4.69) is 15.9 Å². The minimum Gasteiger partial charge on any atom is -0.205 e. The molecule has 0 fully saturated rings. The zero-order chi connectivity index (χ0) is 12.5. The summed E-state index contributed by atoms with van der Waals surface area (Å²) >= 11 is 3.25. The number of halogens is 2. The van der Waals surface area contributed by atoms with Gasteiger partial charge in [-0.1, -0.05) is 54.6 Å². The van der Waals surface area contributed by atoms with E-state index in [-0.39, 0.29) is 5.82 Å². The van der Waals surface area contributed by atoms with E-state index < -0.39 is 0 Å². The highest BCUT2D eigenvalue weighted by molar-refractivity contribution is 9.10. The lowest BCUT2D eigenvalue weighted by Gasteiger charge is -2.08. The lowest BCUT2D eigenvalue weighted by molar-refractivity contribution is 0.633. The highest BCUT2D eigenvalue weighted by atomic mass is 79.9. The van der Waals surface area contributed by atoms with Crippen molar-refractivity contribution in [2.45, 2.75) is 0 Å². The monoisotopic (exact) mass is 300 g/mol. The number of hydrogen-bond donors (Lipinski definition) is 0. The summed E-state index contributed by atoms with van der Waals surface area (Å²) in [6.07, 6.45) is 0. The lowest BCUT2D eigenvalue weighted by atomic mass is 9.98. The summed E-state index contributed by atoms with van der Waals surface area (Å²) in [4.78, 5) is 0. The predicted octanol–water partition coefficient (Wildman–Crippen LogP) is 5.41. The fourth-order valence-corrected chi connectivity index (χ4v) is 2.50. The van der Waals surface area contributed by atoms with Crippen LogP contribution >= 0.6 is 15.9 Å². The van der Waals surface area contributed by atoms with Gasteiger partial charge in [0.15, 0.2) is 0 Å². The van der Waals surface area contributed by atoms with E-state index >= 15 is 0 Å². The largest absolute Gasteiger partial charge is 0.205 e. The standard InChI is InChI=1S/C16H10BrF/c17-14-10-9-12-7-4-8-13(15(12)16(14)18)11-5-2-1-3-6-11/h1-10H. The topological polar surface area (TPSA) is 0 Å². The summed E-state index contributed by atoms with van der Waals surface area (Å²) in [6, 6.07) is 19.4. The smallest absolute Gasteiger partial charge is 0.145 e. The van der Waals surface area contributed by atoms with Gasteiger partial charge in [-0.25, -0.2) is 4.39 Å². The van der Waals surface area contributed by atoms with Crippen LogP contribution in [0.5, 0.6) is 0 Å². The molecule has 0 aromatic heterocycles. The summed E-state index contributed by atoms with van der Waals surface area (Å²) in [7, 11) is 0. The molecule has 0 nitrogen and oxygen atoms in total. The molecule has 88 valence electrons. The summed E-state index contributed by atoms with van der Waals surface area (Å²) in [5.41, 5.74) is 1.95. The van der Waals surface area contributed by atoms with Crippen LogP contribution in [0.2, 0.25) is 0 Å². The van der Waals surface area contributed by atoms with Crippen molar-refractivity contribution in [2.75, 3.05) is 0 Å². The molecule has 0 saturated carbocycles. The van der Waals surface area contributed by atoms with Crippen LogP contribution in [0.1, 0.15) is 0 Å². The van der Waals surface area contributed by atoms with Crippen LogP contribution in [0.3, 0.4) is 0 Å². The summed E-state index contributed by atoms with van der Waals surface area (Å²) < 4.78 is 14.8. The highest BCUT2D eigenvalue weighted by Gasteiger charge is 2.10. The van der Waals surface area contributed by atoms with E-state index in [0.717, 1.165) is 16.5 Å². The van der Waals surface area contributed by atoms with Crippen molar-refractivity contribution in [1.82, 2.24) is 0 Å². The Kier molecular flexibility index (Phi) is 2.88. The third-order valence-corrected chi connectivity index (χ3v) is 3.63. The Hall–Kier alpha value is -1.67. The van der Waals surface area contributed by atoms with Crippen molar-refractivity contribution < 1.29 is 4.39 Å². The first-order valence-corrected chi connectivity index (χ1v) is 6.49. The zero-order valence-electron chi connectivity index (χ0n) is 9.53. The fourth-order valence-electron chi connectivity index (χ4n) is 2.17. The van der Waals surface area contributed by atoms with Gasteiger partial charge in [0.05, 0.1) is 4.47 Å². The molecule has 0 atom stereocenters. The quantitative estimate of drug-likeness (QED) is 0.564. The van der Waals surface area contributed by atoms with Crippen LogP contribution < -0.4 is 0 Å². The van der Waals surface area contributed by atoms with Crippen LogP contribution in [0.4, 0.5) is 4.39 Å². The van der Waals surface area contributed by atoms with Crippen molar-refractivity contribution in [2.24, 2.45) is 0 Å². The Morgan fingerprint density at radius 2 is 1.56 bits per heavy atom. The number of benzene rings is 3. The molecule has 0 aliphatic heterocycles. The van der Waals surface area contributed by atoms with Gasteiger partial charge in [0, 0.05) is 5.39 Å². The summed E-state index contributed by atoms with van der Waals surface area (Å²) in [5, 5.41) is 1.58. The molecule has 0 aliphatic rings. The molecule has 3 aromatic rings. The molecule has 2 heteroatoms. The number of rotatable bonds is 1. The van der Waals surface area contributed by atoms with Gasteiger partial charge >= 0.3 is 0 Å². The molecular weight excluding hydrogens is 291 g/mol. The van der Waals surface area contributed by atoms with Crippen LogP contribution in [0.15, 0.2) is 65.1 Å². The van der Waals surface area contributed by atoms with Crippen LogP contribution in [-0.4, -0.2) is 0 Å². The molecule has 0 saturated heterocycles. The van der Waals surface area contributed by atoms with Gasteiger partial charge in [0.1, 0.15) is 5.82 Å². The molecule has 3 aromatic carbocycles. The zero-order valence-corrected chi connectivity index (χ0v) is 11.1. The molecule has 0 bridgehead atoms. The molecule has 0 aliphatic carbocycles. The Balaban J connectivity index is 2.40. The van der Waals surface area contributed by atoms with E-state index in [4.69, 9.17) is 0 Å². The van der Waals surface area contributed by atoms with Crippen LogP contribution in [-0.2, 0) is 0 Å². The maximum atomic E-state index is 14.3. The molecule has 0 unspecified atom stereocenters. The van der Waals surface area contributed by atoms with Gasteiger partial charge in [-0.3, -0.25) is 0 Å². The van der Waals surface area contributed by atoms with E-state index in [1.54, 1.807) is 6.07 Å². The average Bonchev–Trinajstić information content (AvgIpc) is 2.43. The summed E-state index contributed by atoms with van der Waals surface area (Å²) in [6.45, 7) is 0. The highest BCUT2D eigenvalue weighted by Crippen LogP contribution is 2.33. The SMILES string of the molecule is Fc1c(Br)ccc2cccc(-c3ccccc3)c12. The van der Waals surface area contributed by atoms with Gasteiger partial charge in [-0.05, 0) is 38.5 Å². The predicted molar refractivity (Wildman–Crippen MR) is 77.0 cm³/mol. The minimum atomic E-state index is -0.202. The minimum absolute atomic E-state index is 0.202. The average molecular weight is 301 g/mol. The molecular formula is C16H10BrF. The first kappa shape index (κ1) is 11.4. The molecule has 0 spiro atoms. The van der Waals surface area contributed by atoms with Crippen molar-refractivity contribution in [3.63, 3.8) is 0 Å². The second-order valence-electron chi connectivity index (χ2n) is 4.13. The van der Waals surface area contributed by atoms with Crippen molar-refractivity contribution in [3.05, 3.63) is 71.0 Å². The molecule has 0 radical (unpaired) electrons. The third kappa shape index (κ3) is 1.83. The van der Waals surface area contributed by atoms with Gasteiger partial charge in [0.25, 0.3) is 0 Å². The second-order valence-corrected chi connectivity index (χ2v) is 4.99. The van der Waals surface area contributed by atoms with Gasteiger partial charge < -0.3 is 0 Å². The summed E-state index contributed by atoms with van der Waals surface area (Å²) in [5.74, 6) is -0.202. The number of fused-ring (bicyclic) bond motifs is 1. The Bertz CT molecular complexity index is 705. The molecule has 3 rings (SSSR count). The molecule has 0 N–H and O–H groups in total. The van der Waals surface area contributed by atoms with E-state index in [1.165, 1.54) is 0 Å². The first-order valence-electron chi connectivity index (χ1n) is 5.69. The maximum Gasteiger partial charge on any atom is 0.145 e. The molecule has 18 heavy (non-hydrogen) atoms. The van der Waals surface area contributed by atoms with Gasteiger partial charge in [-0.2, -0.15) is 0 Å². The lowest BCUT2D eigenvalue weighted by Crippen LogP contribution is -1.86. The van der Waals surface area contributed by atoms with Gasteiger partial charge in [-0.15, -0.1) is 0 Å². The third-order valence-electron chi connectivity index (χ3n) is 3.02. The van der Waals surface area contributed by atoms with Crippen molar-refractivity contribution >= 4 is 26.7 Å². The van der Waals surface area contributed by atoms with E-state index in [1.807, 2.05) is 54.6 Å². The maximum absolute atomic E-state index is 14.3. The number of hydrogen-bond acceptors (Lipinski definition) is 0. The normalized spacial score (nSPS) is 10.8. The Morgan fingerprint density at radius 1 is 0.778 bits per heavy atom. The van der Waals surface area contributed by atoms with E-state index in [0.29, 0.717) is 9.86 Å². The second kappa shape index (κ2) is 4.54.